The number of sulfone groups is 1. The summed E-state index contributed by atoms with van der Waals surface area (Å²) in [4.78, 5) is 18.1. The molecule has 1 aromatic heterocycles. The summed E-state index contributed by atoms with van der Waals surface area (Å²) in [5.74, 6) is 0.862. The van der Waals surface area contributed by atoms with Crippen LogP contribution in [0, 0.1) is 5.92 Å². The van der Waals surface area contributed by atoms with E-state index in [-0.39, 0.29) is 16.6 Å². The zero-order valence-electron chi connectivity index (χ0n) is 31.7. The smallest absolute Gasteiger partial charge is 0.251 e. The van der Waals surface area contributed by atoms with E-state index < -0.39 is 9.84 Å². The molecule has 10 heteroatoms. The van der Waals surface area contributed by atoms with E-state index in [1.807, 2.05) is 35.8 Å². The predicted octanol–water partition coefficient (Wildman–Crippen LogP) is 8.83. The van der Waals surface area contributed by atoms with Crippen LogP contribution in [0.2, 0.25) is 0 Å². The van der Waals surface area contributed by atoms with Crippen LogP contribution in [0.1, 0.15) is 71.1 Å². The highest BCUT2D eigenvalue weighted by Gasteiger charge is 2.38. The number of carbonyl (C=O) groups excluding carboxylic acids is 1. The minimum atomic E-state index is -3.59. The number of amides is 1. The number of rotatable bonds is 18. The standard InChI is InChI=1S/C43H54N4O5S/c1-5-7-27-51-28-29-52-40-20-15-35(16-21-40)42-24-17-36(12-11-26-47(42,31-34(3)4)39-13-9-8-10-14-39)43(48)45-37-18-22-41(23-19-37)53(49,50)32-38-30-44-33-46(38)25-6-2/h8-10,13-24,30,33-34H,5-7,11-12,25-29,31-32H2,1-4H3/p+1. The Morgan fingerprint density at radius 1 is 0.925 bits per heavy atom. The van der Waals surface area contributed by atoms with Crippen LogP contribution in [0.15, 0.2) is 114 Å². The number of para-hydroxylation sites is 1. The fraction of sp³-hybridized carbons (Fsp3) is 0.395. The minimum absolute atomic E-state index is 0.135. The van der Waals surface area contributed by atoms with Crippen LogP contribution in [-0.2, 0) is 31.7 Å². The Hall–Kier alpha value is -4.51. The molecule has 1 aliphatic rings. The number of unbranched alkanes of at least 4 members (excludes halogenated alkanes) is 1. The molecular formula is C43H55N4O5S+. The molecule has 53 heavy (non-hydrogen) atoms. The molecule has 9 nitrogen and oxygen atoms in total. The Morgan fingerprint density at radius 2 is 1.68 bits per heavy atom. The van der Waals surface area contributed by atoms with Crippen LogP contribution in [0.3, 0.4) is 0 Å². The third-order valence-corrected chi connectivity index (χ3v) is 11.1. The molecule has 3 aromatic carbocycles. The van der Waals surface area contributed by atoms with Crippen molar-refractivity contribution in [3.8, 4) is 5.75 Å². The first-order chi connectivity index (χ1) is 25.6. The lowest BCUT2D eigenvalue weighted by atomic mass is 9.97. The van der Waals surface area contributed by atoms with Gasteiger partial charge in [0.2, 0.25) is 0 Å². The fourth-order valence-corrected chi connectivity index (χ4v) is 8.28. The molecule has 0 radical (unpaired) electrons. The quantitative estimate of drug-likeness (QED) is 0.0809. The zero-order valence-corrected chi connectivity index (χ0v) is 32.5. The molecule has 2 heterocycles. The summed E-state index contributed by atoms with van der Waals surface area (Å²) in [5, 5.41) is 3.01. The molecule has 0 aliphatic carbocycles. The topological polar surface area (TPSA) is 99.5 Å². The van der Waals surface area contributed by atoms with Gasteiger partial charge in [0.1, 0.15) is 23.7 Å². The summed E-state index contributed by atoms with van der Waals surface area (Å²) in [5.41, 5.74) is 5.25. The van der Waals surface area contributed by atoms with E-state index in [9.17, 15) is 13.2 Å². The number of hydrogen-bond donors (Lipinski definition) is 1. The number of quaternary nitrogens is 1. The zero-order chi connectivity index (χ0) is 37.7. The number of hydrogen-bond acceptors (Lipinski definition) is 6. The van der Waals surface area contributed by atoms with Crippen molar-refractivity contribution in [1.29, 1.82) is 0 Å². The van der Waals surface area contributed by atoms with Gasteiger partial charge < -0.3 is 19.4 Å². The van der Waals surface area contributed by atoms with Gasteiger partial charge in [-0.3, -0.25) is 9.28 Å². The van der Waals surface area contributed by atoms with Crippen molar-refractivity contribution < 1.29 is 22.7 Å². The largest absolute Gasteiger partial charge is 0.491 e. The molecule has 1 aliphatic heterocycles. The van der Waals surface area contributed by atoms with Gasteiger partial charge in [0.15, 0.2) is 9.84 Å². The van der Waals surface area contributed by atoms with Gasteiger partial charge in [0.25, 0.3) is 5.91 Å². The normalized spacial score (nSPS) is 16.4. The van der Waals surface area contributed by atoms with Crippen LogP contribution in [0.4, 0.5) is 11.4 Å². The number of benzene rings is 3. The highest BCUT2D eigenvalue weighted by Crippen LogP contribution is 2.39. The van der Waals surface area contributed by atoms with E-state index in [1.54, 1.807) is 36.8 Å². The highest BCUT2D eigenvalue weighted by atomic mass is 32.2. The summed E-state index contributed by atoms with van der Waals surface area (Å²) < 4.78 is 40.6. The van der Waals surface area contributed by atoms with Gasteiger partial charge in [-0.15, -0.1) is 0 Å². The molecule has 0 saturated heterocycles. The Morgan fingerprint density at radius 3 is 2.38 bits per heavy atom. The van der Waals surface area contributed by atoms with Gasteiger partial charge in [-0.25, -0.2) is 13.4 Å². The van der Waals surface area contributed by atoms with Crippen LogP contribution in [-0.4, -0.2) is 56.8 Å². The van der Waals surface area contributed by atoms with Gasteiger partial charge in [-0.05, 0) is 86.0 Å². The molecule has 1 unspecified atom stereocenters. The highest BCUT2D eigenvalue weighted by molar-refractivity contribution is 7.90. The fourth-order valence-electron chi connectivity index (χ4n) is 6.93. The third-order valence-electron chi connectivity index (χ3n) is 9.47. The first-order valence-electron chi connectivity index (χ1n) is 18.9. The number of imidazole rings is 1. The summed E-state index contributed by atoms with van der Waals surface area (Å²) in [7, 11) is -3.59. The van der Waals surface area contributed by atoms with E-state index in [0.29, 0.717) is 53.5 Å². The van der Waals surface area contributed by atoms with Crippen molar-refractivity contribution >= 4 is 32.8 Å². The number of carbonyl (C=O) groups is 1. The van der Waals surface area contributed by atoms with Crippen molar-refractivity contribution in [3.63, 3.8) is 0 Å². The number of aryl methyl sites for hydroxylation is 1. The van der Waals surface area contributed by atoms with Crippen LogP contribution >= 0.6 is 0 Å². The second-order valence-corrected chi connectivity index (χ2v) is 16.1. The minimum Gasteiger partial charge on any atom is -0.491 e. The van der Waals surface area contributed by atoms with Crippen LogP contribution in [0.5, 0.6) is 5.75 Å². The molecule has 1 N–H and O–H groups in total. The van der Waals surface area contributed by atoms with E-state index in [1.165, 1.54) is 5.69 Å². The number of nitrogens with zero attached hydrogens (tertiary/aromatic N) is 3. The maximum absolute atomic E-state index is 13.7. The van der Waals surface area contributed by atoms with E-state index in [4.69, 9.17) is 9.47 Å². The molecule has 0 bridgehead atoms. The molecule has 1 atom stereocenters. The maximum atomic E-state index is 13.7. The van der Waals surface area contributed by atoms with Gasteiger partial charge in [-0.2, -0.15) is 0 Å². The second-order valence-electron chi connectivity index (χ2n) is 14.1. The Kier molecular flexibility index (Phi) is 14.2. The number of nitrogens with one attached hydrogen (secondary N) is 1. The summed E-state index contributed by atoms with van der Waals surface area (Å²) in [6, 6.07) is 25.3. The first-order valence-corrected chi connectivity index (χ1v) is 20.6. The lowest BCUT2D eigenvalue weighted by Gasteiger charge is -2.41. The van der Waals surface area contributed by atoms with Gasteiger partial charge in [-0.1, -0.05) is 52.3 Å². The van der Waals surface area contributed by atoms with Crippen molar-refractivity contribution in [2.45, 2.75) is 77.0 Å². The van der Waals surface area contributed by atoms with Gasteiger partial charge in [0.05, 0.1) is 42.4 Å². The van der Waals surface area contributed by atoms with Crippen molar-refractivity contribution in [3.05, 3.63) is 120 Å². The molecule has 0 spiro atoms. The second kappa shape index (κ2) is 19.0. The monoisotopic (exact) mass is 739 g/mol. The number of anilines is 1. The Balaban J connectivity index is 1.39. The molecule has 282 valence electrons. The Bertz CT molecular complexity index is 1930. The molecular weight excluding hydrogens is 685 g/mol. The van der Waals surface area contributed by atoms with E-state index >= 15 is 0 Å². The summed E-state index contributed by atoms with van der Waals surface area (Å²) in [6.45, 7) is 12.9. The maximum Gasteiger partial charge on any atom is 0.251 e. The van der Waals surface area contributed by atoms with E-state index in [2.05, 4.69) is 73.5 Å². The lowest BCUT2D eigenvalue weighted by molar-refractivity contribution is -0.113. The summed E-state index contributed by atoms with van der Waals surface area (Å²) in [6.07, 6.45) is 11.8. The first kappa shape index (κ1) is 39.7. The van der Waals surface area contributed by atoms with Crippen molar-refractivity contribution in [2.75, 3.05) is 38.2 Å². The average molecular weight is 740 g/mol. The number of aromatic nitrogens is 2. The molecule has 5 rings (SSSR count). The van der Waals surface area contributed by atoms with Crippen LogP contribution in [0.25, 0.3) is 5.70 Å². The molecule has 0 fully saturated rings. The predicted molar refractivity (Wildman–Crippen MR) is 214 cm³/mol. The number of ether oxygens (including phenoxy) is 2. The lowest BCUT2D eigenvalue weighted by Crippen LogP contribution is -2.51. The number of allylic oxidation sites excluding steroid dienone is 2. The molecule has 1 amide bonds. The van der Waals surface area contributed by atoms with Crippen molar-refractivity contribution in [1.82, 2.24) is 14.0 Å². The van der Waals surface area contributed by atoms with Gasteiger partial charge in [0, 0.05) is 54.6 Å². The Labute approximate surface area is 315 Å². The van der Waals surface area contributed by atoms with E-state index in [0.717, 1.165) is 62.4 Å². The van der Waals surface area contributed by atoms with Gasteiger partial charge >= 0.3 is 0 Å². The van der Waals surface area contributed by atoms with Crippen molar-refractivity contribution in [2.24, 2.45) is 5.92 Å². The molecule has 0 saturated carbocycles. The van der Waals surface area contributed by atoms with Crippen LogP contribution < -0.4 is 14.5 Å². The third kappa shape index (κ3) is 10.6. The molecule has 4 aromatic rings. The average Bonchev–Trinajstić information content (AvgIpc) is 3.57. The SMILES string of the molecule is CCCCOCCOc1ccc(C2=CC=C(C(=O)Nc3ccc(S(=O)(=O)Cc4cncn4CCC)cc3)CCC[N+]2(CC(C)C)c2ccccc2)cc1. The summed E-state index contributed by atoms with van der Waals surface area (Å²) >= 11 is 0.